The summed E-state index contributed by atoms with van der Waals surface area (Å²) < 4.78 is 59.8. The zero-order valence-electron chi connectivity index (χ0n) is 14.5. The number of alkyl halides is 3. The highest BCUT2D eigenvalue weighted by Crippen LogP contribution is 2.42. The average molecular weight is 398 g/mol. The molecule has 0 unspecified atom stereocenters. The fourth-order valence-corrected chi connectivity index (χ4v) is 2.83. The van der Waals surface area contributed by atoms with Crippen molar-refractivity contribution in [1.82, 2.24) is 14.7 Å². The van der Waals surface area contributed by atoms with Gasteiger partial charge < -0.3 is 9.09 Å². The number of hydrogen-bond acceptors (Lipinski definition) is 4. The van der Waals surface area contributed by atoms with E-state index in [2.05, 4.69) is 14.7 Å². The summed E-state index contributed by atoms with van der Waals surface area (Å²) >= 11 is 0. The second-order valence-corrected chi connectivity index (χ2v) is 6.06. The summed E-state index contributed by atoms with van der Waals surface area (Å²) in [5.74, 6) is -1.82. The van der Waals surface area contributed by atoms with Gasteiger partial charge in [0.1, 0.15) is 11.5 Å². The van der Waals surface area contributed by atoms with Crippen LogP contribution in [0.2, 0.25) is 0 Å². The first-order valence-electron chi connectivity index (χ1n) is 8.24. The van der Waals surface area contributed by atoms with Gasteiger partial charge in [0.05, 0.1) is 29.2 Å². The number of rotatable bonds is 3. The van der Waals surface area contributed by atoms with Gasteiger partial charge in [-0.2, -0.15) is 18.4 Å². The molecular weight excluding hydrogens is 388 g/mol. The van der Waals surface area contributed by atoms with Gasteiger partial charge in [0.2, 0.25) is 5.76 Å². The molecule has 0 radical (unpaired) electrons. The van der Waals surface area contributed by atoms with Crippen molar-refractivity contribution in [3.05, 3.63) is 78.2 Å². The van der Waals surface area contributed by atoms with Crippen LogP contribution in [0.5, 0.6) is 0 Å². The van der Waals surface area contributed by atoms with Gasteiger partial charge in [-0.3, -0.25) is 0 Å². The van der Waals surface area contributed by atoms with E-state index in [1.807, 2.05) is 6.07 Å². The lowest BCUT2D eigenvalue weighted by Gasteiger charge is -2.05. The molecule has 0 amide bonds. The molecule has 2 aromatic carbocycles. The molecule has 5 nitrogen and oxygen atoms in total. The number of benzene rings is 2. The van der Waals surface area contributed by atoms with Gasteiger partial charge in [0, 0.05) is 17.4 Å². The van der Waals surface area contributed by atoms with Gasteiger partial charge in [-0.05, 0) is 48.5 Å². The Hall–Kier alpha value is -3.93. The summed E-state index contributed by atoms with van der Waals surface area (Å²) in [4.78, 5) is 4.08. The molecule has 0 bridgehead atoms. The summed E-state index contributed by atoms with van der Waals surface area (Å²) in [5.41, 5.74) is 0.872. The van der Waals surface area contributed by atoms with E-state index in [9.17, 15) is 17.6 Å². The summed E-state index contributed by atoms with van der Waals surface area (Å²) in [6.45, 7) is 0. The highest BCUT2D eigenvalue weighted by molar-refractivity contribution is 5.80. The lowest BCUT2D eigenvalue weighted by molar-refractivity contribution is -0.154. The van der Waals surface area contributed by atoms with Crippen molar-refractivity contribution in [2.45, 2.75) is 6.18 Å². The Bertz CT molecular complexity index is 1200. The third kappa shape index (κ3) is 3.48. The van der Waals surface area contributed by atoms with Gasteiger partial charge >= 0.3 is 6.18 Å². The fourth-order valence-electron chi connectivity index (χ4n) is 2.83. The van der Waals surface area contributed by atoms with Crippen molar-refractivity contribution in [1.29, 1.82) is 5.26 Å². The van der Waals surface area contributed by atoms with Crippen molar-refractivity contribution in [2.24, 2.45) is 0 Å². The molecule has 0 spiro atoms. The van der Waals surface area contributed by atoms with Crippen LogP contribution in [0.25, 0.3) is 28.2 Å². The van der Waals surface area contributed by atoms with E-state index in [0.29, 0.717) is 11.3 Å². The van der Waals surface area contributed by atoms with Crippen LogP contribution in [-0.2, 0) is 6.18 Å². The zero-order valence-corrected chi connectivity index (χ0v) is 14.5. The molecule has 0 aliphatic rings. The molecule has 0 aliphatic heterocycles. The Balaban J connectivity index is 1.83. The molecular formula is C20H10F4N4O. The highest BCUT2D eigenvalue weighted by Gasteiger charge is 2.41. The zero-order chi connectivity index (χ0) is 20.6. The first-order chi connectivity index (χ1) is 13.9. The van der Waals surface area contributed by atoms with E-state index in [1.54, 1.807) is 24.3 Å². The molecule has 4 aromatic rings. The first-order valence-corrected chi connectivity index (χ1v) is 8.24. The molecule has 29 heavy (non-hydrogen) atoms. The highest BCUT2D eigenvalue weighted by atomic mass is 19.4. The summed E-state index contributed by atoms with van der Waals surface area (Å²) in [7, 11) is 0. The molecule has 2 heterocycles. The van der Waals surface area contributed by atoms with Crippen molar-refractivity contribution in [3.63, 3.8) is 0 Å². The van der Waals surface area contributed by atoms with E-state index in [1.165, 1.54) is 29.2 Å². The maximum atomic E-state index is 13.5. The van der Waals surface area contributed by atoms with Crippen LogP contribution in [0.1, 0.15) is 11.3 Å². The summed E-state index contributed by atoms with van der Waals surface area (Å²) in [6.07, 6.45) is -2.05. The van der Waals surface area contributed by atoms with E-state index in [4.69, 9.17) is 5.26 Å². The maximum Gasteiger partial charge on any atom is 0.453 e. The summed E-state index contributed by atoms with van der Waals surface area (Å²) in [6, 6.07) is 13.3. The minimum absolute atomic E-state index is 0.0118. The molecule has 0 N–H and O–H groups in total. The van der Waals surface area contributed by atoms with Crippen LogP contribution in [0, 0.1) is 17.1 Å². The van der Waals surface area contributed by atoms with Gasteiger partial charge in [0.25, 0.3) is 0 Å². The van der Waals surface area contributed by atoms with Crippen molar-refractivity contribution in [3.8, 4) is 34.3 Å². The Labute approximate surface area is 161 Å². The number of nitrogens with zero attached hydrogens (tertiary/aromatic N) is 4. The van der Waals surface area contributed by atoms with Crippen LogP contribution in [0.3, 0.4) is 0 Å². The van der Waals surface area contributed by atoms with Crippen molar-refractivity contribution < 1.29 is 22.1 Å². The van der Waals surface area contributed by atoms with E-state index in [-0.39, 0.29) is 22.5 Å². The Morgan fingerprint density at radius 1 is 1.00 bits per heavy atom. The van der Waals surface area contributed by atoms with Crippen LogP contribution in [0.15, 0.2) is 65.6 Å². The Morgan fingerprint density at radius 3 is 2.31 bits per heavy atom. The lowest BCUT2D eigenvalue weighted by Crippen LogP contribution is -2.05. The first kappa shape index (κ1) is 18.4. The van der Waals surface area contributed by atoms with Gasteiger partial charge in [0.15, 0.2) is 0 Å². The molecule has 9 heteroatoms. The SMILES string of the molecule is N#Cc1ccc(-n2cnc(-c3c(-c4ccc(F)cc4)noc3C(F)(F)F)c2)cc1. The number of imidazole rings is 1. The smallest absolute Gasteiger partial charge is 0.350 e. The second-order valence-electron chi connectivity index (χ2n) is 6.06. The fraction of sp³-hybridized carbons (Fsp3) is 0.0500. The largest absolute Gasteiger partial charge is 0.453 e. The molecule has 0 saturated carbocycles. The molecule has 4 rings (SSSR count). The average Bonchev–Trinajstić information content (AvgIpc) is 3.35. The normalized spacial score (nSPS) is 11.4. The van der Waals surface area contributed by atoms with Crippen LogP contribution >= 0.6 is 0 Å². The van der Waals surface area contributed by atoms with Crippen LogP contribution < -0.4 is 0 Å². The van der Waals surface area contributed by atoms with Gasteiger partial charge in [-0.15, -0.1) is 0 Å². The lowest BCUT2D eigenvalue weighted by atomic mass is 10.0. The quantitative estimate of drug-likeness (QED) is 0.444. The third-order valence-electron chi connectivity index (χ3n) is 4.20. The predicted octanol–water partition coefficient (Wildman–Crippen LogP) is 5.22. The monoisotopic (exact) mass is 398 g/mol. The number of hydrogen-bond donors (Lipinski definition) is 0. The molecule has 0 aliphatic carbocycles. The molecule has 2 aromatic heterocycles. The minimum Gasteiger partial charge on any atom is -0.350 e. The number of nitriles is 1. The standard InChI is InChI=1S/C20H10F4N4O/c21-14-5-3-13(4-6-14)18-17(19(29-27-18)20(22,23)24)16-10-28(11-26-16)15-7-1-12(9-25)2-8-15/h1-8,10-11H. The van der Waals surface area contributed by atoms with E-state index < -0.39 is 17.8 Å². The number of halogens is 4. The minimum atomic E-state index is -4.79. The maximum absolute atomic E-state index is 13.5. The van der Waals surface area contributed by atoms with Gasteiger partial charge in [-0.1, -0.05) is 5.16 Å². The van der Waals surface area contributed by atoms with Crippen LogP contribution in [0.4, 0.5) is 17.6 Å². The molecule has 0 atom stereocenters. The Morgan fingerprint density at radius 2 is 1.69 bits per heavy atom. The topological polar surface area (TPSA) is 67.6 Å². The van der Waals surface area contributed by atoms with Crippen molar-refractivity contribution >= 4 is 0 Å². The predicted molar refractivity (Wildman–Crippen MR) is 94.2 cm³/mol. The number of aromatic nitrogens is 3. The van der Waals surface area contributed by atoms with E-state index >= 15 is 0 Å². The molecule has 0 fully saturated rings. The van der Waals surface area contributed by atoms with Crippen molar-refractivity contribution in [2.75, 3.05) is 0 Å². The second kappa shape index (κ2) is 6.91. The molecule has 144 valence electrons. The Kier molecular flexibility index (Phi) is 4.39. The molecule has 0 saturated heterocycles. The summed E-state index contributed by atoms with van der Waals surface area (Å²) in [5, 5.41) is 12.4. The van der Waals surface area contributed by atoms with Gasteiger partial charge in [-0.25, -0.2) is 9.37 Å². The van der Waals surface area contributed by atoms with E-state index in [0.717, 1.165) is 12.1 Å². The third-order valence-corrected chi connectivity index (χ3v) is 4.20. The van der Waals surface area contributed by atoms with Crippen LogP contribution in [-0.4, -0.2) is 14.7 Å².